The van der Waals surface area contributed by atoms with E-state index in [0.717, 1.165) is 13.0 Å². The first kappa shape index (κ1) is 15.7. The second-order valence-electron chi connectivity index (χ2n) is 5.08. The molecule has 3 heteroatoms. The zero-order valence-corrected chi connectivity index (χ0v) is 12.7. The van der Waals surface area contributed by atoms with Gasteiger partial charge in [-0.2, -0.15) is 0 Å². The fraction of sp³-hybridized carbons (Fsp3) is 0.562. The summed E-state index contributed by atoms with van der Waals surface area (Å²) in [5.74, 6) is -0.175. The third-order valence-electron chi connectivity index (χ3n) is 3.50. The van der Waals surface area contributed by atoms with Crippen LogP contribution < -0.4 is 5.32 Å². The molecule has 0 aliphatic carbocycles. The maximum Gasteiger partial charge on any atom is 0.307 e. The van der Waals surface area contributed by atoms with Crippen LogP contribution in [0.2, 0.25) is 0 Å². The van der Waals surface area contributed by atoms with E-state index in [0.29, 0.717) is 6.42 Å². The van der Waals surface area contributed by atoms with Crippen LogP contribution in [0.15, 0.2) is 12.1 Å². The quantitative estimate of drug-likeness (QED) is 0.801. The van der Waals surface area contributed by atoms with Crippen LogP contribution in [0.3, 0.4) is 0 Å². The summed E-state index contributed by atoms with van der Waals surface area (Å²) in [5.41, 5.74) is 4.96. The van der Waals surface area contributed by atoms with Gasteiger partial charge in [0.15, 0.2) is 0 Å². The summed E-state index contributed by atoms with van der Waals surface area (Å²) in [4.78, 5) is 11.6. The lowest BCUT2D eigenvalue weighted by Crippen LogP contribution is -2.26. The van der Waals surface area contributed by atoms with E-state index >= 15 is 0 Å². The van der Waals surface area contributed by atoms with Crippen LogP contribution >= 0.6 is 0 Å². The number of methoxy groups -OCH3 is 1. The molecule has 0 bridgehead atoms. The molecule has 0 radical (unpaired) electrons. The second-order valence-corrected chi connectivity index (χ2v) is 5.08. The first-order valence-electron chi connectivity index (χ1n) is 6.87. The summed E-state index contributed by atoms with van der Waals surface area (Å²) in [7, 11) is 1.44. The minimum Gasteiger partial charge on any atom is -0.469 e. The van der Waals surface area contributed by atoms with Crippen molar-refractivity contribution in [2.75, 3.05) is 13.7 Å². The van der Waals surface area contributed by atoms with Crippen molar-refractivity contribution in [3.8, 4) is 0 Å². The molecule has 1 aromatic rings. The Bertz CT molecular complexity index is 441. The Kier molecular flexibility index (Phi) is 6.03. The van der Waals surface area contributed by atoms with Gasteiger partial charge in [-0.05, 0) is 56.0 Å². The monoisotopic (exact) mass is 263 g/mol. The van der Waals surface area contributed by atoms with Crippen LogP contribution in [0.1, 0.15) is 48.1 Å². The maximum atomic E-state index is 11.6. The highest BCUT2D eigenvalue weighted by Gasteiger charge is 2.18. The number of carbonyl (C=O) groups excluding carboxylic acids is 1. The molecule has 0 aliphatic heterocycles. The number of carbonyl (C=O) groups is 1. The fourth-order valence-electron chi connectivity index (χ4n) is 2.22. The number of hydrogen-bond acceptors (Lipinski definition) is 3. The summed E-state index contributed by atoms with van der Waals surface area (Å²) >= 11 is 0. The minimum absolute atomic E-state index is 0.0340. The molecule has 3 nitrogen and oxygen atoms in total. The predicted molar refractivity (Wildman–Crippen MR) is 78.3 cm³/mol. The molecule has 1 atom stereocenters. The van der Waals surface area contributed by atoms with Crippen molar-refractivity contribution in [2.45, 2.75) is 46.6 Å². The zero-order valence-electron chi connectivity index (χ0n) is 12.7. The van der Waals surface area contributed by atoms with Crippen molar-refractivity contribution >= 4 is 5.97 Å². The van der Waals surface area contributed by atoms with Gasteiger partial charge in [-0.15, -0.1) is 0 Å². The summed E-state index contributed by atoms with van der Waals surface area (Å²) < 4.78 is 4.80. The van der Waals surface area contributed by atoms with E-state index in [1.807, 2.05) is 0 Å². The van der Waals surface area contributed by atoms with Gasteiger partial charge in [-0.1, -0.05) is 19.1 Å². The number of nitrogens with one attached hydrogen (secondary N) is 1. The van der Waals surface area contributed by atoms with Crippen LogP contribution in [0.5, 0.6) is 0 Å². The maximum absolute atomic E-state index is 11.6. The summed E-state index contributed by atoms with van der Waals surface area (Å²) in [5, 5.41) is 3.44. The van der Waals surface area contributed by atoms with Gasteiger partial charge in [0.05, 0.1) is 13.5 Å². The van der Waals surface area contributed by atoms with Gasteiger partial charge in [-0.25, -0.2) is 0 Å². The largest absolute Gasteiger partial charge is 0.469 e. The van der Waals surface area contributed by atoms with Crippen molar-refractivity contribution in [3.63, 3.8) is 0 Å². The molecule has 0 saturated heterocycles. The van der Waals surface area contributed by atoms with Crippen molar-refractivity contribution in [3.05, 3.63) is 34.4 Å². The molecule has 0 aromatic heterocycles. The molecule has 106 valence electrons. The van der Waals surface area contributed by atoms with E-state index in [2.05, 4.69) is 45.1 Å². The van der Waals surface area contributed by atoms with Crippen LogP contribution in [0.4, 0.5) is 0 Å². The molecular weight excluding hydrogens is 238 g/mol. The smallest absolute Gasteiger partial charge is 0.307 e. The Morgan fingerprint density at radius 1 is 1.21 bits per heavy atom. The van der Waals surface area contributed by atoms with E-state index in [-0.39, 0.29) is 12.0 Å². The standard InChI is InChI=1S/C16H25NO2/c1-6-7-17-15(10-16(18)19-5)14-9-12(3)11(2)8-13(14)4/h8-9,15,17H,6-7,10H2,1-5H3. The Morgan fingerprint density at radius 2 is 1.84 bits per heavy atom. The Morgan fingerprint density at radius 3 is 2.42 bits per heavy atom. The number of esters is 1. The van der Waals surface area contributed by atoms with Gasteiger partial charge in [0.2, 0.25) is 0 Å². The summed E-state index contributed by atoms with van der Waals surface area (Å²) in [6.45, 7) is 9.33. The van der Waals surface area contributed by atoms with Crippen molar-refractivity contribution in [1.29, 1.82) is 0 Å². The number of rotatable bonds is 6. The Balaban J connectivity index is 3.02. The van der Waals surface area contributed by atoms with E-state index in [1.165, 1.54) is 29.4 Å². The summed E-state index contributed by atoms with van der Waals surface area (Å²) in [6, 6.07) is 4.40. The summed E-state index contributed by atoms with van der Waals surface area (Å²) in [6.07, 6.45) is 1.42. The van der Waals surface area contributed by atoms with Crippen LogP contribution in [-0.2, 0) is 9.53 Å². The van der Waals surface area contributed by atoms with E-state index in [1.54, 1.807) is 0 Å². The molecule has 0 aliphatic rings. The number of benzene rings is 1. The van der Waals surface area contributed by atoms with Crippen LogP contribution in [0, 0.1) is 20.8 Å². The molecular formula is C16H25NO2. The highest BCUT2D eigenvalue weighted by Crippen LogP contribution is 2.24. The van der Waals surface area contributed by atoms with Crippen LogP contribution in [-0.4, -0.2) is 19.6 Å². The number of hydrogen-bond donors (Lipinski definition) is 1. The molecule has 19 heavy (non-hydrogen) atoms. The molecule has 0 fully saturated rings. The molecule has 1 aromatic carbocycles. The average molecular weight is 263 g/mol. The van der Waals surface area contributed by atoms with Crippen molar-refractivity contribution in [2.24, 2.45) is 0 Å². The van der Waals surface area contributed by atoms with E-state index in [9.17, 15) is 4.79 Å². The average Bonchev–Trinajstić information content (AvgIpc) is 2.38. The zero-order chi connectivity index (χ0) is 14.4. The third-order valence-corrected chi connectivity index (χ3v) is 3.50. The topological polar surface area (TPSA) is 38.3 Å². The highest BCUT2D eigenvalue weighted by atomic mass is 16.5. The Labute approximate surface area is 116 Å². The van der Waals surface area contributed by atoms with Gasteiger partial charge < -0.3 is 10.1 Å². The van der Waals surface area contributed by atoms with E-state index < -0.39 is 0 Å². The molecule has 1 rings (SSSR count). The van der Waals surface area contributed by atoms with E-state index in [4.69, 9.17) is 4.74 Å². The lowest BCUT2D eigenvalue weighted by molar-refractivity contribution is -0.141. The number of ether oxygens (including phenoxy) is 1. The first-order valence-corrected chi connectivity index (χ1v) is 6.87. The van der Waals surface area contributed by atoms with Gasteiger partial charge in [-0.3, -0.25) is 4.79 Å². The predicted octanol–water partition coefficient (Wildman–Crippen LogP) is 3.22. The molecule has 0 spiro atoms. The van der Waals surface area contributed by atoms with Gasteiger partial charge >= 0.3 is 5.97 Å². The lowest BCUT2D eigenvalue weighted by Gasteiger charge is -2.21. The molecule has 1 N–H and O–H groups in total. The van der Waals surface area contributed by atoms with Gasteiger partial charge in [0.1, 0.15) is 0 Å². The SMILES string of the molecule is CCCNC(CC(=O)OC)c1cc(C)c(C)cc1C. The third kappa shape index (κ3) is 4.35. The first-order chi connectivity index (χ1) is 8.99. The van der Waals surface area contributed by atoms with Gasteiger partial charge in [0.25, 0.3) is 0 Å². The van der Waals surface area contributed by atoms with Crippen LogP contribution in [0.25, 0.3) is 0 Å². The molecule has 0 heterocycles. The van der Waals surface area contributed by atoms with Crippen molar-refractivity contribution in [1.82, 2.24) is 5.32 Å². The normalized spacial score (nSPS) is 12.3. The minimum atomic E-state index is -0.175. The lowest BCUT2D eigenvalue weighted by atomic mass is 9.94. The number of aryl methyl sites for hydroxylation is 3. The molecule has 0 saturated carbocycles. The molecule has 0 amide bonds. The fourth-order valence-corrected chi connectivity index (χ4v) is 2.22. The Hall–Kier alpha value is -1.35. The van der Waals surface area contributed by atoms with Crippen molar-refractivity contribution < 1.29 is 9.53 Å². The second kappa shape index (κ2) is 7.29. The molecule has 1 unspecified atom stereocenters. The highest BCUT2D eigenvalue weighted by molar-refractivity contribution is 5.70. The van der Waals surface area contributed by atoms with Gasteiger partial charge in [0, 0.05) is 6.04 Å².